The van der Waals surface area contributed by atoms with Crippen LogP contribution in [0.15, 0.2) is 34.9 Å². The highest BCUT2D eigenvalue weighted by atomic mass is 35.5. The van der Waals surface area contributed by atoms with E-state index in [1.165, 1.54) is 19.4 Å². The molecule has 0 bridgehead atoms. The number of hydrogen-bond donors (Lipinski definition) is 1. The van der Waals surface area contributed by atoms with Gasteiger partial charge in [0.15, 0.2) is 11.7 Å². The molecule has 1 amide bonds. The van der Waals surface area contributed by atoms with Crippen LogP contribution in [0.1, 0.15) is 38.0 Å². The molecule has 0 saturated carbocycles. The molecule has 0 aliphatic carbocycles. The van der Waals surface area contributed by atoms with E-state index < -0.39 is 0 Å². The number of halogens is 1. The molecule has 3 heterocycles. The third kappa shape index (κ3) is 3.94. The van der Waals surface area contributed by atoms with Crippen LogP contribution in [0.5, 0.6) is 0 Å². The third-order valence-corrected chi connectivity index (χ3v) is 5.77. The van der Waals surface area contributed by atoms with Crippen molar-refractivity contribution in [1.82, 2.24) is 15.2 Å². The van der Waals surface area contributed by atoms with Crippen molar-refractivity contribution < 1.29 is 9.21 Å². The number of hydrogen-bond acceptors (Lipinski definition) is 4. The Morgan fingerprint density at radius 1 is 1.31 bits per heavy atom. The van der Waals surface area contributed by atoms with Crippen molar-refractivity contribution in [3.8, 4) is 11.3 Å². The Labute approximate surface area is 158 Å². The lowest BCUT2D eigenvalue weighted by atomic mass is 9.97. The molecule has 2 saturated heterocycles. The zero-order valence-corrected chi connectivity index (χ0v) is 15.5. The second kappa shape index (κ2) is 7.80. The van der Waals surface area contributed by atoms with Crippen LogP contribution < -0.4 is 5.32 Å². The molecule has 0 spiro atoms. The van der Waals surface area contributed by atoms with E-state index >= 15 is 0 Å². The van der Waals surface area contributed by atoms with Crippen LogP contribution in [0.3, 0.4) is 0 Å². The van der Waals surface area contributed by atoms with Crippen LogP contribution in [0.25, 0.3) is 11.3 Å². The van der Waals surface area contributed by atoms with Crippen molar-refractivity contribution in [1.29, 1.82) is 0 Å². The number of amides is 1. The van der Waals surface area contributed by atoms with Gasteiger partial charge in [-0.15, -0.1) is 0 Å². The zero-order valence-electron chi connectivity index (χ0n) is 14.8. The first-order valence-electron chi connectivity index (χ1n) is 9.42. The van der Waals surface area contributed by atoms with E-state index in [1.54, 1.807) is 6.20 Å². The largest absolute Gasteiger partial charge is 0.441 e. The van der Waals surface area contributed by atoms with Crippen LogP contribution in [0.4, 0.5) is 0 Å². The van der Waals surface area contributed by atoms with Crippen LogP contribution in [0.2, 0.25) is 5.02 Å². The highest BCUT2D eigenvalue weighted by Crippen LogP contribution is 2.28. The van der Waals surface area contributed by atoms with E-state index in [2.05, 4.69) is 15.2 Å². The van der Waals surface area contributed by atoms with Gasteiger partial charge in [0, 0.05) is 37.0 Å². The Morgan fingerprint density at radius 2 is 2.19 bits per heavy atom. The number of aromatic nitrogens is 1. The molecule has 2 fully saturated rings. The van der Waals surface area contributed by atoms with Gasteiger partial charge in [-0.3, -0.25) is 4.79 Å². The van der Waals surface area contributed by atoms with Gasteiger partial charge in [0.05, 0.1) is 11.2 Å². The predicted molar refractivity (Wildman–Crippen MR) is 101 cm³/mol. The van der Waals surface area contributed by atoms with Crippen LogP contribution in [-0.2, 0) is 11.2 Å². The number of piperidine rings is 1. The summed E-state index contributed by atoms with van der Waals surface area (Å²) in [5.74, 6) is 1.29. The quantitative estimate of drug-likeness (QED) is 0.868. The van der Waals surface area contributed by atoms with Gasteiger partial charge in [-0.2, -0.15) is 0 Å². The Balaban J connectivity index is 1.28. The van der Waals surface area contributed by atoms with Crippen molar-refractivity contribution in [3.05, 3.63) is 41.4 Å². The maximum Gasteiger partial charge on any atom is 0.220 e. The maximum absolute atomic E-state index is 12.3. The molecule has 2 aliphatic rings. The highest BCUT2D eigenvalue weighted by Gasteiger charge is 2.32. The molecule has 2 aromatic rings. The van der Waals surface area contributed by atoms with E-state index in [4.69, 9.17) is 16.0 Å². The summed E-state index contributed by atoms with van der Waals surface area (Å²) in [6.45, 7) is 2.33. The molecule has 5 nitrogen and oxygen atoms in total. The molecule has 138 valence electrons. The SMILES string of the molecule is O=C(CCc1ncc(-c2ccccc2Cl)o1)N[C@H]1CCN2CCC[C@H]2C1. The van der Waals surface area contributed by atoms with Gasteiger partial charge in [-0.25, -0.2) is 4.98 Å². The molecule has 0 radical (unpaired) electrons. The number of carbonyl (C=O) groups is 1. The van der Waals surface area contributed by atoms with Gasteiger partial charge in [0.2, 0.25) is 5.91 Å². The van der Waals surface area contributed by atoms with E-state index in [0.717, 1.165) is 24.9 Å². The van der Waals surface area contributed by atoms with Crippen molar-refractivity contribution >= 4 is 17.5 Å². The zero-order chi connectivity index (χ0) is 17.9. The van der Waals surface area contributed by atoms with Crippen LogP contribution >= 0.6 is 11.6 Å². The molecule has 4 rings (SSSR count). The molecule has 1 aromatic heterocycles. The smallest absolute Gasteiger partial charge is 0.220 e. The Bertz CT molecular complexity index is 776. The first-order valence-corrected chi connectivity index (χ1v) is 9.80. The number of rotatable bonds is 5. The van der Waals surface area contributed by atoms with Crippen molar-refractivity contribution in [2.45, 2.75) is 50.6 Å². The number of fused-ring (bicyclic) bond motifs is 1. The summed E-state index contributed by atoms with van der Waals surface area (Å²) in [6.07, 6.45) is 7.27. The minimum atomic E-state index is 0.0824. The summed E-state index contributed by atoms with van der Waals surface area (Å²) in [7, 11) is 0. The van der Waals surface area contributed by atoms with Gasteiger partial charge in [0.1, 0.15) is 0 Å². The standard InChI is InChI=1S/C20H24ClN3O2/c21-17-6-2-1-5-16(17)18-13-22-20(26-18)8-7-19(25)23-14-9-11-24-10-3-4-15(24)12-14/h1-2,5-6,13-15H,3-4,7-12H2,(H,23,25)/t14-,15-/m0/s1. The molecule has 0 unspecified atom stereocenters. The van der Waals surface area contributed by atoms with Gasteiger partial charge in [0.25, 0.3) is 0 Å². The van der Waals surface area contributed by atoms with Crippen molar-refractivity contribution in [2.24, 2.45) is 0 Å². The summed E-state index contributed by atoms with van der Waals surface area (Å²) in [5, 5.41) is 3.82. The summed E-state index contributed by atoms with van der Waals surface area (Å²) < 4.78 is 5.77. The molecule has 6 heteroatoms. The first kappa shape index (κ1) is 17.6. The fourth-order valence-corrected chi connectivity index (χ4v) is 4.32. The fraction of sp³-hybridized carbons (Fsp3) is 0.500. The second-order valence-electron chi connectivity index (χ2n) is 7.22. The topological polar surface area (TPSA) is 58.4 Å². The normalized spacial score (nSPS) is 23.0. The minimum absolute atomic E-state index is 0.0824. The molecule has 1 aromatic carbocycles. The predicted octanol–water partition coefficient (Wildman–Crippen LogP) is 3.67. The lowest BCUT2D eigenvalue weighted by Crippen LogP contribution is -2.47. The second-order valence-corrected chi connectivity index (χ2v) is 7.63. The molecule has 2 aliphatic heterocycles. The van der Waals surface area contributed by atoms with Crippen molar-refractivity contribution in [3.63, 3.8) is 0 Å². The molecule has 26 heavy (non-hydrogen) atoms. The number of nitrogens with zero attached hydrogens (tertiary/aromatic N) is 2. The average Bonchev–Trinajstić information content (AvgIpc) is 3.29. The summed E-state index contributed by atoms with van der Waals surface area (Å²) in [6, 6.07) is 8.48. The maximum atomic E-state index is 12.3. The number of benzene rings is 1. The van der Waals surface area contributed by atoms with Crippen molar-refractivity contribution in [2.75, 3.05) is 13.1 Å². The molecule has 1 N–H and O–H groups in total. The Kier molecular flexibility index (Phi) is 5.27. The number of nitrogens with one attached hydrogen (secondary N) is 1. The van der Waals surface area contributed by atoms with Gasteiger partial charge >= 0.3 is 0 Å². The molecule has 2 atom stereocenters. The van der Waals surface area contributed by atoms with Crippen LogP contribution in [-0.4, -0.2) is 41.0 Å². The summed E-state index contributed by atoms with van der Waals surface area (Å²) in [4.78, 5) is 19.1. The van der Waals surface area contributed by atoms with E-state index in [-0.39, 0.29) is 5.91 Å². The van der Waals surface area contributed by atoms with E-state index in [9.17, 15) is 4.79 Å². The highest BCUT2D eigenvalue weighted by molar-refractivity contribution is 6.33. The Hall–Kier alpha value is -1.85. The monoisotopic (exact) mass is 373 g/mol. The third-order valence-electron chi connectivity index (χ3n) is 5.44. The van der Waals surface area contributed by atoms with Gasteiger partial charge in [-0.05, 0) is 44.4 Å². The van der Waals surface area contributed by atoms with E-state index in [1.807, 2.05) is 24.3 Å². The summed E-state index contributed by atoms with van der Waals surface area (Å²) in [5.41, 5.74) is 0.820. The average molecular weight is 374 g/mol. The number of carbonyl (C=O) groups excluding carboxylic acids is 1. The fourth-order valence-electron chi connectivity index (χ4n) is 4.09. The summed E-state index contributed by atoms with van der Waals surface area (Å²) >= 11 is 6.19. The van der Waals surface area contributed by atoms with Crippen LogP contribution in [0, 0.1) is 0 Å². The molecular formula is C20H24ClN3O2. The Morgan fingerprint density at radius 3 is 3.08 bits per heavy atom. The van der Waals surface area contributed by atoms with Gasteiger partial charge < -0.3 is 14.6 Å². The lowest BCUT2D eigenvalue weighted by molar-refractivity contribution is -0.122. The lowest BCUT2D eigenvalue weighted by Gasteiger charge is -2.35. The van der Waals surface area contributed by atoms with Gasteiger partial charge in [-0.1, -0.05) is 23.7 Å². The number of aryl methyl sites for hydroxylation is 1. The molecular weight excluding hydrogens is 350 g/mol. The first-order chi connectivity index (χ1) is 12.7. The minimum Gasteiger partial charge on any atom is -0.441 e. The number of oxazole rings is 1. The van der Waals surface area contributed by atoms with E-state index in [0.29, 0.717) is 41.6 Å².